The molecule has 1 aromatic carbocycles. The molecule has 1 unspecified atom stereocenters. The highest BCUT2D eigenvalue weighted by atomic mass is 16.2. The number of likely N-dealkylation sites (tertiary alicyclic amines) is 1. The second-order valence-corrected chi connectivity index (χ2v) is 8.92. The summed E-state index contributed by atoms with van der Waals surface area (Å²) in [6.45, 7) is 1.63. The molecule has 5 rings (SSSR count). The Bertz CT molecular complexity index is 1040. The minimum atomic E-state index is -0.200. The van der Waals surface area contributed by atoms with Gasteiger partial charge in [-0.3, -0.25) is 14.4 Å². The van der Waals surface area contributed by atoms with Crippen LogP contribution in [0.1, 0.15) is 60.8 Å². The van der Waals surface area contributed by atoms with Crippen LogP contribution in [0.3, 0.4) is 0 Å². The first kappa shape index (κ1) is 20.0. The minimum absolute atomic E-state index is 0.0671. The molecule has 0 radical (unpaired) electrons. The van der Waals surface area contributed by atoms with Gasteiger partial charge in [-0.2, -0.15) is 0 Å². The summed E-state index contributed by atoms with van der Waals surface area (Å²) in [5.41, 5.74) is 2.19. The Hall–Kier alpha value is -2.96. The number of rotatable bonds is 4. The fraction of sp³-hybridized carbons (Fsp3) is 0.500. The fourth-order valence-electron chi connectivity index (χ4n) is 4.77. The molecule has 1 saturated carbocycles. The van der Waals surface area contributed by atoms with E-state index in [-0.39, 0.29) is 29.3 Å². The van der Waals surface area contributed by atoms with E-state index in [1.165, 1.54) is 0 Å². The van der Waals surface area contributed by atoms with Gasteiger partial charge in [-0.05, 0) is 37.7 Å². The lowest BCUT2D eigenvalue weighted by molar-refractivity contribution is -0.135. The normalized spacial score (nSPS) is 21.0. The molecule has 0 spiro atoms. The minimum Gasteiger partial charge on any atom is -0.337 e. The largest absolute Gasteiger partial charge is 0.337 e. The van der Waals surface area contributed by atoms with E-state index in [9.17, 15) is 14.4 Å². The van der Waals surface area contributed by atoms with E-state index in [1.54, 1.807) is 4.90 Å². The summed E-state index contributed by atoms with van der Waals surface area (Å²) in [6.07, 6.45) is 5.64. The first-order chi connectivity index (χ1) is 15.1. The molecule has 7 nitrogen and oxygen atoms in total. The summed E-state index contributed by atoms with van der Waals surface area (Å²) in [6, 6.07) is 9.55. The van der Waals surface area contributed by atoms with Gasteiger partial charge in [0.25, 0.3) is 5.56 Å². The molecule has 2 amide bonds. The Morgan fingerprint density at radius 3 is 2.65 bits per heavy atom. The van der Waals surface area contributed by atoms with Crippen LogP contribution in [0.5, 0.6) is 0 Å². The molecule has 3 heterocycles. The molecule has 1 saturated heterocycles. The van der Waals surface area contributed by atoms with Crippen LogP contribution in [-0.2, 0) is 29.0 Å². The molecule has 2 aliphatic heterocycles. The van der Waals surface area contributed by atoms with Gasteiger partial charge in [-0.25, -0.2) is 4.98 Å². The van der Waals surface area contributed by atoms with Crippen molar-refractivity contribution in [1.29, 1.82) is 0 Å². The highest BCUT2D eigenvalue weighted by Crippen LogP contribution is 2.33. The smallest absolute Gasteiger partial charge is 0.256 e. The summed E-state index contributed by atoms with van der Waals surface area (Å²) in [4.78, 5) is 49.8. The van der Waals surface area contributed by atoms with Gasteiger partial charge in [0, 0.05) is 25.4 Å². The third-order valence-electron chi connectivity index (χ3n) is 6.66. The van der Waals surface area contributed by atoms with Crippen molar-refractivity contribution in [2.45, 2.75) is 57.5 Å². The van der Waals surface area contributed by atoms with Crippen LogP contribution in [-0.4, -0.2) is 44.7 Å². The number of hydrogen-bond donors (Lipinski definition) is 1. The number of piperidine rings is 1. The number of carbonyl (C=O) groups excluding carboxylic acids is 2. The number of nitrogens with one attached hydrogen (secondary N) is 1. The van der Waals surface area contributed by atoms with Crippen LogP contribution < -0.4 is 5.56 Å². The first-order valence-corrected chi connectivity index (χ1v) is 11.3. The van der Waals surface area contributed by atoms with Crippen molar-refractivity contribution in [1.82, 2.24) is 19.8 Å². The van der Waals surface area contributed by atoms with Crippen LogP contribution in [0.15, 0.2) is 35.1 Å². The molecule has 0 bridgehead atoms. The first-order valence-electron chi connectivity index (χ1n) is 11.3. The molecule has 3 aliphatic rings. The van der Waals surface area contributed by atoms with Crippen LogP contribution in [0.25, 0.3) is 0 Å². The number of fused-ring (bicyclic) bond motifs is 1. The van der Waals surface area contributed by atoms with Crippen LogP contribution in [0.2, 0.25) is 0 Å². The summed E-state index contributed by atoms with van der Waals surface area (Å²) in [5, 5.41) is 0. The standard InChI is InChI=1S/C24H28N4O3/c29-21(14-16-6-2-1-3-7-16)28-12-5-4-8-20(28)22-25-19-11-13-27(24(31)17-9-10-17)15-18(19)23(30)26-22/h1-3,6-7,17,20H,4-5,8-15H2,(H,25,26,30). The summed E-state index contributed by atoms with van der Waals surface area (Å²) in [5.74, 6) is 0.975. The van der Waals surface area contributed by atoms with Gasteiger partial charge in [0.15, 0.2) is 0 Å². The number of carbonyl (C=O) groups is 2. The van der Waals surface area contributed by atoms with E-state index in [0.717, 1.165) is 43.4 Å². The maximum absolute atomic E-state index is 13.1. The second-order valence-electron chi connectivity index (χ2n) is 8.92. The lowest BCUT2D eigenvalue weighted by atomic mass is 9.99. The molecule has 7 heteroatoms. The topological polar surface area (TPSA) is 86.4 Å². The molecule has 1 atom stereocenters. The second kappa shape index (κ2) is 8.29. The van der Waals surface area contributed by atoms with Crippen molar-refractivity contribution >= 4 is 11.8 Å². The third-order valence-corrected chi connectivity index (χ3v) is 6.66. The van der Waals surface area contributed by atoms with E-state index in [4.69, 9.17) is 4.98 Å². The maximum Gasteiger partial charge on any atom is 0.256 e. The fourth-order valence-corrected chi connectivity index (χ4v) is 4.77. The Balaban J connectivity index is 1.37. The van der Waals surface area contributed by atoms with Crippen molar-refractivity contribution in [3.8, 4) is 0 Å². The van der Waals surface area contributed by atoms with Gasteiger partial charge in [0.1, 0.15) is 5.82 Å². The SMILES string of the molecule is O=C(C1CC1)N1CCc2nc(C3CCCCN3C(=O)Cc3ccccc3)[nH]c(=O)c2C1. The van der Waals surface area contributed by atoms with Crippen molar-refractivity contribution < 1.29 is 9.59 Å². The Morgan fingerprint density at radius 2 is 1.87 bits per heavy atom. The van der Waals surface area contributed by atoms with Gasteiger partial charge in [-0.15, -0.1) is 0 Å². The number of hydrogen-bond acceptors (Lipinski definition) is 4. The van der Waals surface area contributed by atoms with Crippen LogP contribution in [0, 0.1) is 5.92 Å². The monoisotopic (exact) mass is 420 g/mol. The third kappa shape index (κ3) is 4.13. The Morgan fingerprint density at radius 1 is 1.06 bits per heavy atom. The summed E-state index contributed by atoms with van der Waals surface area (Å²) >= 11 is 0. The zero-order valence-electron chi connectivity index (χ0n) is 17.7. The van der Waals surface area contributed by atoms with Crippen molar-refractivity contribution in [3.63, 3.8) is 0 Å². The molecule has 2 fully saturated rings. The number of H-pyrrole nitrogens is 1. The quantitative estimate of drug-likeness (QED) is 0.823. The zero-order valence-corrected chi connectivity index (χ0v) is 17.7. The number of aromatic nitrogens is 2. The predicted octanol–water partition coefficient (Wildman–Crippen LogP) is 2.36. The van der Waals surface area contributed by atoms with Gasteiger partial charge in [0.05, 0.1) is 30.3 Å². The number of nitrogens with zero attached hydrogens (tertiary/aromatic N) is 3. The molecule has 31 heavy (non-hydrogen) atoms. The predicted molar refractivity (Wildman–Crippen MR) is 115 cm³/mol. The lowest BCUT2D eigenvalue weighted by Gasteiger charge is -2.36. The number of aromatic amines is 1. The van der Waals surface area contributed by atoms with Crippen LogP contribution >= 0.6 is 0 Å². The molecule has 1 aliphatic carbocycles. The molecule has 1 N–H and O–H groups in total. The van der Waals surface area contributed by atoms with Crippen LogP contribution in [0.4, 0.5) is 0 Å². The van der Waals surface area contributed by atoms with Crippen molar-refractivity contribution in [2.24, 2.45) is 5.92 Å². The maximum atomic E-state index is 13.1. The van der Waals surface area contributed by atoms with Crippen molar-refractivity contribution in [3.05, 3.63) is 63.3 Å². The van der Waals surface area contributed by atoms with Gasteiger partial charge in [-0.1, -0.05) is 30.3 Å². The Kier molecular flexibility index (Phi) is 5.34. The average molecular weight is 421 g/mol. The van der Waals surface area contributed by atoms with E-state index in [2.05, 4.69) is 4.98 Å². The molecular weight excluding hydrogens is 392 g/mol. The lowest BCUT2D eigenvalue weighted by Crippen LogP contribution is -2.43. The molecular formula is C24H28N4O3. The molecule has 1 aromatic heterocycles. The van der Waals surface area contributed by atoms with E-state index >= 15 is 0 Å². The highest BCUT2D eigenvalue weighted by molar-refractivity contribution is 5.81. The summed E-state index contributed by atoms with van der Waals surface area (Å²) < 4.78 is 0. The van der Waals surface area contributed by atoms with Gasteiger partial charge in [0.2, 0.25) is 11.8 Å². The molecule has 2 aromatic rings. The van der Waals surface area contributed by atoms with Crippen molar-refractivity contribution in [2.75, 3.05) is 13.1 Å². The number of benzene rings is 1. The van der Waals surface area contributed by atoms with E-state index in [1.807, 2.05) is 35.2 Å². The van der Waals surface area contributed by atoms with E-state index < -0.39 is 0 Å². The summed E-state index contributed by atoms with van der Waals surface area (Å²) in [7, 11) is 0. The van der Waals surface area contributed by atoms with Gasteiger partial charge >= 0.3 is 0 Å². The molecule has 162 valence electrons. The average Bonchev–Trinajstić information content (AvgIpc) is 3.64. The highest BCUT2D eigenvalue weighted by Gasteiger charge is 2.36. The number of amides is 2. The van der Waals surface area contributed by atoms with Gasteiger partial charge < -0.3 is 14.8 Å². The zero-order chi connectivity index (χ0) is 21.4. The van der Waals surface area contributed by atoms with E-state index in [0.29, 0.717) is 43.9 Å². The Labute approximate surface area is 181 Å².